The van der Waals surface area contributed by atoms with E-state index in [1.165, 1.54) is 6.21 Å². The molecule has 0 saturated heterocycles. The molecule has 0 fully saturated rings. The highest BCUT2D eigenvalue weighted by Gasteiger charge is 2.08. The number of carbonyl (C=O) groups is 1. The number of hydrazone groups is 1. The van der Waals surface area contributed by atoms with E-state index in [1.807, 2.05) is 30.3 Å². The molecule has 0 atom stereocenters. The van der Waals surface area contributed by atoms with Gasteiger partial charge in [-0.3, -0.25) is 4.57 Å². The van der Waals surface area contributed by atoms with Crippen LogP contribution in [0.4, 0.5) is 4.79 Å². The maximum Gasteiger partial charge on any atom is 0.332 e. The molecule has 1 heterocycles. The van der Waals surface area contributed by atoms with Gasteiger partial charge in [-0.1, -0.05) is 29.8 Å². The maximum absolute atomic E-state index is 10.5. The van der Waals surface area contributed by atoms with Crippen molar-refractivity contribution in [1.29, 1.82) is 0 Å². The Hall–Kier alpha value is -2.34. The lowest BCUT2D eigenvalue weighted by Crippen LogP contribution is -2.24. The van der Waals surface area contributed by atoms with Crippen molar-refractivity contribution in [2.45, 2.75) is 0 Å². The van der Waals surface area contributed by atoms with Gasteiger partial charge in [0.05, 0.1) is 6.21 Å². The van der Waals surface area contributed by atoms with Gasteiger partial charge in [0.25, 0.3) is 0 Å². The summed E-state index contributed by atoms with van der Waals surface area (Å²) in [6, 6.07) is 8.75. The van der Waals surface area contributed by atoms with Gasteiger partial charge in [-0.05, 0) is 12.1 Å². The summed E-state index contributed by atoms with van der Waals surface area (Å²) in [4.78, 5) is 14.5. The molecule has 7 heteroatoms. The van der Waals surface area contributed by atoms with E-state index in [1.54, 1.807) is 10.9 Å². The molecule has 18 heavy (non-hydrogen) atoms. The van der Waals surface area contributed by atoms with E-state index in [0.29, 0.717) is 5.69 Å². The van der Waals surface area contributed by atoms with E-state index in [4.69, 9.17) is 17.3 Å². The van der Waals surface area contributed by atoms with Crippen LogP contribution < -0.4 is 11.2 Å². The lowest BCUT2D eigenvalue weighted by atomic mass is 10.3. The number of nitrogens with one attached hydrogen (secondary N) is 1. The van der Waals surface area contributed by atoms with Crippen LogP contribution in [0, 0.1) is 0 Å². The smallest absolute Gasteiger partial charge is 0.332 e. The van der Waals surface area contributed by atoms with Crippen molar-refractivity contribution >= 4 is 23.8 Å². The van der Waals surface area contributed by atoms with Crippen molar-refractivity contribution in [3.8, 4) is 5.69 Å². The summed E-state index contributed by atoms with van der Waals surface area (Å²) in [5, 5.41) is 3.95. The summed E-state index contributed by atoms with van der Waals surface area (Å²) in [5.74, 6) is 0. The zero-order valence-corrected chi connectivity index (χ0v) is 10.0. The fraction of sp³-hybridized carbons (Fsp3) is 0. The number of nitrogens with zero attached hydrogens (tertiary/aromatic N) is 3. The second-order valence-corrected chi connectivity index (χ2v) is 3.72. The Morgan fingerprint density at radius 2 is 2.17 bits per heavy atom. The molecule has 0 aliphatic carbocycles. The van der Waals surface area contributed by atoms with Gasteiger partial charge in [0.1, 0.15) is 12.0 Å². The molecule has 0 unspecified atom stereocenters. The Kier molecular flexibility index (Phi) is 3.59. The topological polar surface area (TPSA) is 85.3 Å². The molecule has 2 aromatic rings. The van der Waals surface area contributed by atoms with Crippen molar-refractivity contribution in [2.24, 2.45) is 10.8 Å². The van der Waals surface area contributed by atoms with E-state index < -0.39 is 6.03 Å². The molecule has 92 valence electrons. The number of urea groups is 1. The Bertz CT molecular complexity index is 578. The minimum atomic E-state index is -0.742. The third-order valence-electron chi connectivity index (χ3n) is 2.15. The number of amides is 2. The molecule has 1 aromatic carbocycles. The molecular formula is C11H10ClN5O. The molecule has 2 amide bonds. The van der Waals surface area contributed by atoms with Crippen molar-refractivity contribution in [3.05, 3.63) is 47.5 Å². The molecule has 0 spiro atoms. The summed E-state index contributed by atoms with van der Waals surface area (Å²) in [5.41, 5.74) is 8.44. The number of imidazole rings is 1. The van der Waals surface area contributed by atoms with Gasteiger partial charge in [-0.2, -0.15) is 5.10 Å². The third-order valence-corrected chi connectivity index (χ3v) is 2.44. The lowest BCUT2D eigenvalue weighted by Gasteiger charge is -2.04. The highest BCUT2D eigenvalue weighted by Crippen LogP contribution is 2.16. The van der Waals surface area contributed by atoms with Gasteiger partial charge in [-0.25, -0.2) is 15.2 Å². The van der Waals surface area contributed by atoms with E-state index >= 15 is 0 Å². The van der Waals surface area contributed by atoms with Crippen molar-refractivity contribution in [3.63, 3.8) is 0 Å². The number of hydrogen-bond donors (Lipinski definition) is 2. The number of carbonyl (C=O) groups excluding carboxylic acids is 1. The number of nitrogens with two attached hydrogens (primary N) is 1. The van der Waals surface area contributed by atoms with Crippen molar-refractivity contribution in [1.82, 2.24) is 15.0 Å². The van der Waals surface area contributed by atoms with Crippen LogP contribution in [0.3, 0.4) is 0 Å². The predicted octanol–water partition coefficient (Wildman–Crippen LogP) is 1.53. The lowest BCUT2D eigenvalue weighted by molar-refractivity contribution is 0.249. The quantitative estimate of drug-likeness (QED) is 0.650. The van der Waals surface area contributed by atoms with Gasteiger partial charge in [-0.15, -0.1) is 0 Å². The molecular weight excluding hydrogens is 254 g/mol. The normalized spacial score (nSPS) is 10.7. The van der Waals surface area contributed by atoms with Crippen LogP contribution in [-0.2, 0) is 0 Å². The second-order valence-electron chi connectivity index (χ2n) is 3.36. The Morgan fingerprint density at radius 1 is 1.44 bits per heavy atom. The Labute approximate surface area is 108 Å². The van der Waals surface area contributed by atoms with Crippen molar-refractivity contribution in [2.75, 3.05) is 0 Å². The number of aromatic nitrogens is 2. The van der Waals surface area contributed by atoms with Crippen LogP contribution in [0.2, 0.25) is 5.15 Å². The van der Waals surface area contributed by atoms with Crippen LogP contribution in [-0.4, -0.2) is 21.8 Å². The van der Waals surface area contributed by atoms with E-state index in [-0.39, 0.29) is 5.15 Å². The van der Waals surface area contributed by atoms with Gasteiger partial charge in [0.15, 0.2) is 5.15 Å². The van der Waals surface area contributed by atoms with Gasteiger partial charge in [0.2, 0.25) is 0 Å². The monoisotopic (exact) mass is 263 g/mol. The first-order valence-corrected chi connectivity index (χ1v) is 5.43. The SMILES string of the molecule is NC(=O)N/N=C\c1c(Cl)ncn1-c1ccccc1. The molecule has 0 saturated carbocycles. The van der Waals surface area contributed by atoms with Gasteiger partial charge >= 0.3 is 6.03 Å². The highest BCUT2D eigenvalue weighted by molar-refractivity contribution is 6.31. The van der Waals surface area contributed by atoms with E-state index in [9.17, 15) is 4.79 Å². The molecule has 2 rings (SSSR count). The average molecular weight is 264 g/mol. The zero-order valence-electron chi connectivity index (χ0n) is 9.25. The predicted molar refractivity (Wildman–Crippen MR) is 68.9 cm³/mol. The third kappa shape index (κ3) is 2.67. The molecule has 0 aliphatic rings. The summed E-state index contributed by atoms with van der Waals surface area (Å²) in [7, 11) is 0. The molecule has 0 radical (unpaired) electrons. The largest absolute Gasteiger partial charge is 0.350 e. The minimum absolute atomic E-state index is 0.286. The van der Waals surface area contributed by atoms with Crippen LogP contribution in [0.1, 0.15) is 5.69 Å². The zero-order chi connectivity index (χ0) is 13.0. The van der Waals surface area contributed by atoms with Crippen molar-refractivity contribution < 1.29 is 4.79 Å². The minimum Gasteiger partial charge on any atom is -0.350 e. The van der Waals surface area contributed by atoms with Crippen LogP contribution >= 0.6 is 11.6 Å². The van der Waals surface area contributed by atoms with Gasteiger partial charge in [0, 0.05) is 5.69 Å². The average Bonchev–Trinajstić information content (AvgIpc) is 2.72. The molecule has 0 bridgehead atoms. The van der Waals surface area contributed by atoms with E-state index in [2.05, 4.69) is 15.5 Å². The summed E-state index contributed by atoms with van der Waals surface area (Å²) in [6.07, 6.45) is 2.95. The summed E-state index contributed by atoms with van der Waals surface area (Å²) in [6.45, 7) is 0. The number of benzene rings is 1. The summed E-state index contributed by atoms with van der Waals surface area (Å²) < 4.78 is 1.74. The van der Waals surface area contributed by atoms with Crippen LogP contribution in [0.5, 0.6) is 0 Å². The first-order valence-electron chi connectivity index (χ1n) is 5.05. The summed E-state index contributed by atoms with van der Waals surface area (Å²) >= 11 is 5.94. The maximum atomic E-state index is 10.5. The number of primary amides is 1. The number of hydrogen-bond acceptors (Lipinski definition) is 3. The first-order chi connectivity index (χ1) is 8.68. The first kappa shape index (κ1) is 12.1. The molecule has 3 N–H and O–H groups in total. The van der Waals surface area contributed by atoms with Gasteiger partial charge < -0.3 is 5.73 Å². The molecule has 1 aromatic heterocycles. The van der Waals surface area contributed by atoms with Crippen LogP contribution in [0.25, 0.3) is 5.69 Å². The number of halogens is 1. The molecule has 6 nitrogen and oxygen atoms in total. The van der Waals surface area contributed by atoms with E-state index in [0.717, 1.165) is 5.69 Å². The number of rotatable bonds is 3. The highest BCUT2D eigenvalue weighted by atomic mass is 35.5. The Morgan fingerprint density at radius 3 is 2.83 bits per heavy atom. The number of para-hydroxylation sites is 1. The van der Waals surface area contributed by atoms with Crippen LogP contribution in [0.15, 0.2) is 41.8 Å². The standard InChI is InChI=1S/C11H10ClN5O/c12-10-9(6-15-16-11(13)18)17(7-14-10)8-4-2-1-3-5-8/h1-7H,(H3,13,16,18)/b15-6-. The molecule has 0 aliphatic heterocycles. The fourth-order valence-corrected chi connectivity index (χ4v) is 1.59. The second kappa shape index (κ2) is 5.33. The fourth-order valence-electron chi connectivity index (χ4n) is 1.40. The Balaban J connectivity index is 2.33.